The van der Waals surface area contributed by atoms with Gasteiger partial charge in [0.15, 0.2) is 0 Å². The maximum atomic E-state index is 13.9. The van der Waals surface area contributed by atoms with Crippen LogP contribution in [0.5, 0.6) is 0 Å². The van der Waals surface area contributed by atoms with Gasteiger partial charge in [0, 0.05) is 6.54 Å². The van der Waals surface area contributed by atoms with E-state index in [0.717, 1.165) is 11.1 Å². The fraction of sp³-hybridized carbons (Fsp3) is 0.630. The third-order valence-corrected chi connectivity index (χ3v) is 5.20. The van der Waals surface area contributed by atoms with Crippen LogP contribution in [0.25, 0.3) is 0 Å². The molecule has 2 unspecified atom stereocenters. The van der Waals surface area contributed by atoms with Gasteiger partial charge in [0.05, 0.1) is 7.11 Å². The van der Waals surface area contributed by atoms with Gasteiger partial charge in [-0.2, -0.15) is 0 Å². The number of amides is 3. The van der Waals surface area contributed by atoms with Crippen LogP contribution in [-0.4, -0.2) is 60.6 Å². The molecule has 2 atom stereocenters. The predicted octanol–water partition coefficient (Wildman–Crippen LogP) is 3.81. The number of rotatable bonds is 11. The first-order chi connectivity index (χ1) is 16.7. The summed E-state index contributed by atoms with van der Waals surface area (Å²) in [7, 11) is 1.24. The lowest BCUT2D eigenvalue weighted by atomic mass is 9.96. The van der Waals surface area contributed by atoms with Gasteiger partial charge in [0.2, 0.25) is 11.8 Å². The maximum absolute atomic E-state index is 13.9. The molecular formula is C27H43N3O6. The van der Waals surface area contributed by atoms with E-state index in [1.807, 2.05) is 52.8 Å². The predicted molar refractivity (Wildman–Crippen MR) is 138 cm³/mol. The first-order valence-electron chi connectivity index (χ1n) is 12.4. The summed E-state index contributed by atoms with van der Waals surface area (Å²) in [6.45, 7) is 14.8. The summed E-state index contributed by atoms with van der Waals surface area (Å²) in [4.78, 5) is 53.1. The summed E-state index contributed by atoms with van der Waals surface area (Å²) in [6.07, 6.45) is 0.246. The van der Waals surface area contributed by atoms with Gasteiger partial charge >= 0.3 is 12.1 Å². The number of carbonyl (C=O) groups is 4. The number of carbonyl (C=O) groups excluding carboxylic acids is 4. The lowest BCUT2D eigenvalue weighted by molar-refractivity contribution is -0.145. The van der Waals surface area contributed by atoms with Crippen molar-refractivity contribution in [1.82, 2.24) is 15.5 Å². The molecule has 0 radical (unpaired) electrons. The highest BCUT2D eigenvalue weighted by molar-refractivity contribution is 5.93. The number of benzene rings is 1. The van der Waals surface area contributed by atoms with E-state index in [1.54, 1.807) is 20.8 Å². The van der Waals surface area contributed by atoms with Gasteiger partial charge in [0.25, 0.3) is 0 Å². The van der Waals surface area contributed by atoms with Crippen molar-refractivity contribution < 1.29 is 28.7 Å². The summed E-state index contributed by atoms with van der Waals surface area (Å²) < 4.78 is 10.0. The van der Waals surface area contributed by atoms with E-state index < -0.39 is 41.6 Å². The molecule has 0 aliphatic rings. The molecule has 0 spiro atoms. The van der Waals surface area contributed by atoms with Crippen molar-refractivity contribution in [3.05, 3.63) is 34.9 Å². The molecule has 0 bridgehead atoms. The van der Waals surface area contributed by atoms with Gasteiger partial charge < -0.3 is 25.0 Å². The molecule has 3 amide bonds. The smallest absolute Gasteiger partial charge is 0.408 e. The zero-order valence-corrected chi connectivity index (χ0v) is 23.2. The van der Waals surface area contributed by atoms with E-state index in [9.17, 15) is 19.2 Å². The SMILES string of the molecule is CCCN(C(=O)C(CC(C)C)NC(=O)OC(C)(C)C)C(C(=O)NCC(=O)OC)c1cc(C)cc(C)c1. The highest BCUT2D eigenvalue weighted by Gasteiger charge is 2.36. The molecule has 0 saturated heterocycles. The number of hydrogen-bond acceptors (Lipinski definition) is 6. The summed E-state index contributed by atoms with van der Waals surface area (Å²) in [5.74, 6) is -1.41. The Morgan fingerprint density at radius 2 is 1.61 bits per heavy atom. The highest BCUT2D eigenvalue weighted by Crippen LogP contribution is 2.26. The summed E-state index contributed by atoms with van der Waals surface area (Å²) in [6, 6.07) is 3.78. The molecule has 1 aromatic carbocycles. The van der Waals surface area contributed by atoms with Crippen LogP contribution >= 0.6 is 0 Å². The number of esters is 1. The molecule has 1 aromatic rings. The Morgan fingerprint density at radius 3 is 2.08 bits per heavy atom. The topological polar surface area (TPSA) is 114 Å². The molecule has 0 aliphatic heterocycles. The first-order valence-corrected chi connectivity index (χ1v) is 12.4. The molecule has 9 nitrogen and oxygen atoms in total. The van der Waals surface area contributed by atoms with Crippen LogP contribution in [0, 0.1) is 19.8 Å². The second kappa shape index (κ2) is 13.8. The molecule has 9 heteroatoms. The molecule has 1 rings (SSSR count). The molecule has 0 saturated carbocycles. The van der Waals surface area contributed by atoms with Crippen molar-refractivity contribution in [2.75, 3.05) is 20.2 Å². The minimum absolute atomic E-state index is 0.0881. The van der Waals surface area contributed by atoms with Crippen LogP contribution in [0.3, 0.4) is 0 Å². The monoisotopic (exact) mass is 505 g/mol. The van der Waals surface area contributed by atoms with Gasteiger partial charge in [-0.3, -0.25) is 14.4 Å². The Balaban J connectivity index is 3.48. The summed E-state index contributed by atoms with van der Waals surface area (Å²) >= 11 is 0. The number of ether oxygens (including phenoxy) is 2. The molecule has 36 heavy (non-hydrogen) atoms. The Morgan fingerprint density at radius 1 is 1.03 bits per heavy atom. The molecule has 0 aliphatic carbocycles. The lowest BCUT2D eigenvalue weighted by Gasteiger charge is -2.35. The zero-order valence-electron chi connectivity index (χ0n) is 23.2. The molecule has 0 heterocycles. The lowest BCUT2D eigenvalue weighted by Crippen LogP contribution is -2.53. The van der Waals surface area contributed by atoms with Crippen molar-refractivity contribution in [1.29, 1.82) is 0 Å². The van der Waals surface area contributed by atoms with Crippen molar-refractivity contribution >= 4 is 23.9 Å². The quantitative estimate of drug-likeness (QED) is 0.442. The van der Waals surface area contributed by atoms with Crippen molar-refractivity contribution in [2.24, 2.45) is 5.92 Å². The van der Waals surface area contributed by atoms with Crippen LogP contribution < -0.4 is 10.6 Å². The largest absolute Gasteiger partial charge is 0.468 e. The molecule has 2 N–H and O–H groups in total. The van der Waals surface area contributed by atoms with E-state index in [1.165, 1.54) is 12.0 Å². The number of aryl methyl sites for hydroxylation is 2. The molecule has 202 valence electrons. The van der Waals surface area contributed by atoms with E-state index in [2.05, 4.69) is 15.4 Å². The zero-order chi connectivity index (χ0) is 27.6. The average Bonchev–Trinajstić information content (AvgIpc) is 2.73. The number of alkyl carbamates (subject to hydrolysis) is 1. The summed E-state index contributed by atoms with van der Waals surface area (Å²) in [5.41, 5.74) is 1.77. The van der Waals surface area contributed by atoms with Crippen molar-refractivity contribution in [3.8, 4) is 0 Å². The number of nitrogens with zero attached hydrogens (tertiary/aromatic N) is 1. The highest BCUT2D eigenvalue weighted by atomic mass is 16.6. The van der Waals surface area contributed by atoms with Gasteiger partial charge in [-0.1, -0.05) is 50.1 Å². The van der Waals surface area contributed by atoms with Gasteiger partial charge in [0.1, 0.15) is 24.2 Å². The van der Waals surface area contributed by atoms with Crippen molar-refractivity contribution in [2.45, 2.75) is 85.9 Å². The third kappa shape index (κ3) is 10.3. The van der Waals surface area contributed by atoms with E-state index in [0.29, 0.717) is 18.4 Å². The van der Waals surface area contributed by atoms with Crippen LogP contribution in [0.4, 0.5) is 4.79 Å². The molecular weight excluding hydrogens is 462 g/mol. The first kappa shape index (κ1) is 30.9. The van der Waals surface area contributed by atoms with Crippen molar-refractivity contribution in [3.63, 3.8) is 0 Å². The molecule has 0 aromatic heterocycles. The van der Waals surface area contributed by atoms with E-state index in [4.69, 9.17) is 4.74 Å². The molecule has 0 fully saturated rings. The van der Waals surface area contributed by atoms with Gasteiger partial charge in [-0.15, -0.1) is 0 Å². The van der Waals surface area contributed by atoms with Gasteiger partial charge in [-0.05, 0) is 58.9 Å². The normalized spacial score (nSPS) is 12.9. The number of nitrogens with one attached hydrogen (secondary N) is 2. The minimum Gasteiger partial charge on any atom is -0.468 e. The van der Waals surface area contributed by atoms with Crippen LogP contribution in [-0.2, 0) is 23.9 Å². The Labute approximate surface area is 215 Å². The Hall–Kier alpha value is -3.10. The third-order valence-electron chi connectivity index (χ3n) is 5.20. The van der Waals surface area contributed by atoms with E-state index in [-0.39, 0.29) is 19.0 Å². The number of methoxy groups -OCH3 is 1. The van der Waals surface area contributed by atoms with Gasteiger partial charge in [-0.25, -0.2) is 4.79 Å². The van der Waals surface area contributed by atoms with Crippen LogP contribution in [0.2, 0.25) is 0 Å². The second-order valence-electron chi connectivity index (χ2n) is 10.5. The Kier molecular flexibility index (Phi) is 11.9. The minimum atomic E-state index is -1.00. The van der Waals surface area contributed by atoms with Crippen LogP contribution in [0.15, 0.2) is 18.2 Å². The Bertz CT molecular complexity index is 902. The second-order valence-corrected chi connectivity index (χ2v) is 10.5. The average molecular weight is 506 g/mol. The maximum Gasteiger partial charge on any atom is 0.408 e. The van der Waals surface area contributed by atoms with E-state index >= 15 is 0 Å². The summed E-state index contributed by atoms with van der Waals surface area (Å²) in [5, 5.41) is 5.31. The fourth-order valence-electron chi connectivity index (χ4n) is 3.92. The van der Waals surface area contributed by atoms with Crippen LogP contribution in [0.1, 0.15) is 77.1 Å². The fourth-order valence-corrected chi connectivity index (χ4v) is 3.92. The standard InChI is InChI=1S/C27H43N3O6/c1-10-11-30(25(33)21(12-17(2)3)29-26(34)36-27(6,7)8)23(24(32)28-16-22(31)35-9)20-14-18(4)13-19(5)15-20/h13-15,17,21,23H,10-12,16H2,1-9H3,(H,28,32)(H,29,34). The number of hydrogen-bond donors (Lipinski definition) is 2.